The average molecular weight is 336 g/mol. The molecule has 0 aromatic rings. The standard InChI is InChI=1S/C19H41NO.ClH/c1-2-3-4-5-6-7-8-9-10-11-12-13-14-15-18-21-19-16-17-20;/h2-20H2,1H3;1H. The molecule has 0 saturated carbocycles. The van der Waals surface area contributed by atoms with Gasteiger partial charge in [0, 0.05) is 13.2 Å². The Morgan fingerprint density at radius 3 is 1.32 bits per heavy atom. The van der Waals surface area contributed by atoms with Crippen molar-refractivity contribution in [2.75, 3.05) is 19.8 Å². The first kappa shape index (κ1) is 24.5. The molecule has 2 N–H and O–H groups in total. The van der Waals surface area contributed by atoms with Gasteiger partial charge >= 0.3 is 0 Å². The molecule has 0 spiro atoms. The van der Waals surface area contributed by atoms with Gasteiger partial charge in [0.1, 0.15) is 0 Å². The maximum atomic E-state index is 5.50. The summed E-state index contributed by atoms with van der Waals surface area (Å²) in [5.41, 5.74) is 5.41. The Kier molecular flexibility index (Phi) is 26.1. The van der Waals surface area contributed by atoms with Crippen LogP contribution in [0.2, 0.25) is 0 Å². The molecule has 0 aromatic heterocycles. The highest BCUT2D eigenvalue weighted by Crippen LogP contribution is 2.12. The van der Waals surface area contributed by atoms with Gasteiger partial charge in [-0.3, -0.25) is 0 Å². The van der Waals surface area contributed by atoms with Crippen LogP contribution in [0.4, 0.5) is 0 Å². The van der Waals surface area contributed by atoms with Gasteiger partial charge in [0.2, 0.25) is 0 Å². The van der Waals surface area contributed by atoms with Crippen molar-refractivity contribution in [2.24, 2.45) is 5.73 Å². The minimum absolute atomic E-state index is 0. The number of hydrogen-bond donors (Lipinski definition) is 1. The van der Waals surface area contributed by atoms with Crippen molar-refractivity contribution in [1.82, 2.24) is 0 Å². The van der Waals surface area contributed by atoms with E-state index in [1.54, 1.807) is 0 Å². The monoisotopic (exact) mass is 335 g/mol. The smallest absolute Gasteiger partial charge is 0.0478 e. The minimum Gasteiger partial charge on any atom is -0.381 e. The van der Waals surface area contributed by atoms with E-state index in [-0.39, 0.29) is 12.4 Å². The Labute approximate surface area is 146 Å². The Hall–Kier alpha value is 0.210. The van der Waals surface area contributed by atoms with E-state index in [1.807, 2.05) is 0 Å². The molecular weight excluding hydrogens is 294 g/mol. The molecule has 0 fully saturated rings. The Morgan fingerprint density at radius 1 is 0.545 bits per heavy atom. The fourth-order valence-electron chi connectivity index (χ4n) is 2.69. The molecule has 0 aliphatic carbocycles. The lowest BCUT2D eigenvalue weighted by molar-refractivity contribution is 0.129. The lowest BCUT2D eigenvalue weighted by atomic mass is 10.0. The van der Waals surface area contributed by atoms with Crippen molar-refractivity contribution in [3.63, 3.8) is 0 Å². The van der Waals surface area contributed by atoms with Gasteiger partial charge in [-0.25, -0.2) is 0 Å². The highest BCUT2D eigenvalue weighted by molar-refractivity contribution is 5.85. The van der Waals surface area contributed by atoms with Gasteiger partial charge in [-0.15, -0.1) is 12.4 Å². The van der Waals surface area contributed by atoms with E-state index in [0.717, 1.165) is 26.2 Å². The number of hydrogen-bond acceptors (Lipinski definition) is 2. The van der Waals surface area contributed by atoms with Gasteiger partial charge < -0.3 is 10.5 Å². The molecule has 0 aliphatic heterocycles. The van der Waals surface area contributed by atoms with Crippen molar-refractivity contribution < 1.29 is 4.74 Å². The van der Waals surface area contributed by atoms with Crippen LogP contribution >= 0.6 is 12.4 Å². The molecule has 0 aromatic carbocycles. The SMILES string of the molecule is CCCCCCCCCCCCCCCCOCCCN.Cl. The van der Waals surface area contributed by atoms with E-state index >= 15 is 0 Å². The topological polar surface area (TPSA) is 35.2 Å². The van der Waals surface area contributed by atoms with Crippen LogP contribution in [-0.2, 0) is 4.74 Å². The molecular formula is C19H42ClNO. The van der Waals surface area contributed by atoms with E-state index < -0.39 is 0 Å². The number of nitrogens with two attached hydrogens (primary N) is 1. The second kappa shape index (κ2) is 23.5. The molecule has 0 rings (SSSR count). The van der Waals surface area contributed by atoms with Gasteiger partial charge in [0.25, 0.3) is 0 Å². The van der Waals surface area contributed by atoms with Crippen molar-refractivity contribution in [1.29, 1.82) is 0 Å². The predicted molar refractivity (Wildman–Crippen MR) is 102 cm³/mol. The largest absolute Gasteiger partial charge is 0.381 e. The number of unbranched alkanes of at least 4 members (excludes halogenated alkanes) is 13. The highest BCUT2D eigenvalue weighted by atomic mass is 35.5. The van der Waals surface area contributed by atoms with Crippen LogP contribution in [0.5, 0.6) is 0 Å². The van der Waals surface area contributed by atoms with E-state index in [0.29, 0.717) is 0 Å². The number of ether oxygens (including phenoxy) is 1. The zero-order valence-electron chi connectivity index (χ0n) is 15.1. The van der Waals surface area contributed by atoms with Crippen LogP contribution in [0.25, 0.3) is 0 Å². The van der Waals surface area contributed by atoms with Crippen LogP contribution < -0.4 is 5.73 Å². The summed E-state index contributed by atoms with van der Waals surface area (Å²) in [5, 5.41) is 0. The van der Waals surface area contributed by atoms with E-state index in [1.165, 1.54) is 89.9 Å². The van der Waals surface area contributed by atoms with Crippen LogP contribution in [0, 0.1) is 0 Å². The van der Waals surface area contributed by atoms with Crippen LogP contribution in [0.1, 0.15) is 103 Å². The molecule has 2 nitrogen and oxygen atoms in total. The van der Waals surface area contributed by atoms with E-state index in [9.17, 15) is 0 Å². The van der Waals surface area contributed by atoms with Crippen LogP contribution in [0.15, 0.2) is 0 Å². The molecule has 3 heteroatoms. The third kappa shape index (κ3) is 22.5. The number of halogens is 1. The molecule has 136 valence electrons. The molecule has 0 aliphatic rings. The van der Waals surface area contributed by atoms with Gasteiger partial charge in [-0.2, -0.15) is 0 Å². The van der Waals surface area contributed by atoms with Gasteiger partial charge in [-0.1, -0.05) is 90.4 Å². The summed E-state index contributed by atoms with van der Waals surface area (Å²) < 4.78 is 5.50. The van der Waals surface area contributed by atoms with Crippen LogP contribution in [0.3, 0.4) is 0 Å². The third-order valence-electron chi connectivity index (χ3n) is 4.14. The Bertz CT molecular complexity index is 161. The summed E-state index contributed by atoms with van der Waals surface area (Å²) in [4.78, 5) is 0. The first-order valence-electron chi connectivity index (χ1n) is 9.69. The molecule has 0 unspecified atom stereocenters. The summed E-state index contributed by atoms with van der Waals surface area (Å²) in [6.07, 6.45) is 20.8. The summed E-state index contributed by atoms with van der Waals surface area (Å²) in [6, 6.07) is 0. The van der Waals surface area contributed by atoms with Crippen molar-refractivity contribution >= 4 is 12.4 Å². The number of rotatable bonds is 18. The lowest BCUT2D eigenvalue weighted by Gasteiger charge is -2.04. The average Bonchev–Trinajstić information content (AvgIpc) is 2.50. The first-order chi connectivity index (χ1) is 10.4. The lowest BCUT2D eigenvalue weighted by Crippen LogP contribution is -2.04. The second-order valence-corrected chi connectivity index (χ2v) is 6.35. The first-order valence-corrected chi connectivity index (χ1v) is 9.69. The zero-order chi connectivity index (χ0) is 15.4. The summed E-state index contributed by atoms with van der Waals surface area (Å²) in [5.74, 6) is 0. The van der Waals surface area contributed by atoms with Crippen molar-refractivity contribution in [2.45, 2.75) is 103 Å². The van der Waals surface area contributed by atoms with Crippen molar-refractivity contribution in [3.8, 4) is 0 Å². The maximum absolute atomic E-state index is 5.50. The Morgan fingerprint density at radius 2 is 0.909 bits per heavy atom. The maximum Gasteiger partial charge on any atom is 0.0478 e. The minimum atomic E-state index is 0. The van der Waals surface area contributed by atoms with E-state index in [2.05, 4.69) is 6.92 Å². The predicted octanol–water partition coefficient (Wildman–Crippen LogP) is 6.25. The van der Waals surface area contributed by atoms with Crippen LogP contribution in [-0.4, -0.2) is 19.8 Å². The molecule has 0 bridgehead atoms. The van der Waals surface area contributed by atoms with E-state index in [4.69, 9.17) is 10.5 Å². The van der Waals surface area contributed by atoms with Gasteiger partial charge in [-0.05, 0) is 19.4 Å². The summed E-state index contributed by atoms with van der Waals surface area (Å²) >= 11 is 0. The zero-order valence-corrected chi connectivity index (χ0v) is 15.9. The molecule has 0 atom stereocenters. The third-order valence-corrected chi connectivity index (χ3v) is 4.14. The van der Waals surface area contributed by atoms with Crippen molar-refractivity contribution in [3.05, 3.63) is 0 Å². The summed E-state index contributed by atoms with van der Waals surface area (Å²) in [7, 11) is 0. The fraction of sp³-hybridized carbons (Fsp3) is 1.00. The molecule has 0 heterocycles. The fourth-order valence-corrected chi connectivity index (χ4v) is 2.69. The molecule has 0 radical (unpaired) electrons. The Balaban J connectivity index is 0. The summed E-state index contributed by atoms with van der Waals surface area (Å²) in [6.45, 7) is 4.81. The van der Waals surface area contributed by atoms with Gasteiger partial charge in [0.15, 0.2) is 0 Å². The second-order valence-electron chi connectivity index (χ2n) is 6.35. The molecule has 0 saturated heterocycles. The molecule has 0 amide bonds. The quantitative estimate of drug-likeness (QED) is 0.300. The molecule has 22 heavy (non-hydrogen) atoms. The van der Waals surface area contributed by atoms with Gasteiger partial charge in [0.05, 0.1) is 0 Å². The normalized spacial score (nSPS) is 10.6. The highest BCUT2D eigenvalue weighted by Gasteiger charge is 1.94.